The molecule has 3 aromatic carbocycles. The Labute approximate surface area is 218 Å². The monoisotopic (exact) mass is 510 g/mol. The lowest BCUT2D eigenvalue weighted by Gasteiger charge is -2.35. The molecule has 0 atom stereocenters. The van der Waals surface area contributed by atoms with Crippen LogP contribution in [0.3, 0.4) is 0 Å². The van der Waals surface area contributed by atoms with Crippen molar-refractivity contribution in [2.24, 2.45) is 0 Å². The smallest absolute Gasteiger partial charge is 0.253 e. The van der Waals surface area contributed by atoms with E-state index in [4.69, 9.17) is 27.9 Å². The van der Waals surface area contributed by atoms with E-state index in [2.05, 4.69) is 37.8 Å². The Bertz CT molecular complexity index is 1160. The van der Waals surface area contributed by atoms with Crippen LogP contribution in [0.15, 0.2) is 66.7 Å². The van der Waals surface area contributed by atoms with Gasteiger partial charge in [0.25, 0.3) is 5.91 Å². The van der Waals surface area contributed by atoms with Crippen LogP contribution in [0.2, 0.25) is 10.0 Å². The average molecular weight is 511 g/mol. The third kappa shape index (κ3) is 6.78. The number of hydrogen-bond acceptors (Lipinski definition) is 3. The Hall–Kier alpha value is -2.53. The minimum atomic E-state index is 0.0653. The molecule has 35 heavy (non-hydrogen) atoms. The van der Waals surface area contributed by atoms with E-state index in [0.717, 1.165) is 36.5 Å². The lowest BCUT2D eigenvalue weighted by atomic mass is 9.87. The molecule has 1 heterocycles. The van der Waals surface area contributed by atoms with Gasteiger partial charge < -0.3 is 9.64 Å². The van der Waals surface area contributed by atoms with Crippen LogP contribution in [0.5, 0.6) is 5.75 Å². The summed E-state index contributed by atoms with van der Waals surface area (Å²) in [5.41, 5.74) is 4.19. The number of halogens is 2. The second kappa shape index (κ2) is 11.0. The maximum absolute atomic E-state index is 13.1. The first-order chi connectivity index (χ1) is 16.7. The van der Waals surface area contributed by atoms with E-state index < -0.39 is 0 Å². The lowest BCUT2D eigenvalue weighted by molar-refractivity contribution is 0.0628. The van der Waals surface area contributed by atoms with E-state index in [0.29, 0.717) is 35.3 Å². The molecule has 4 rings (SSSR count). The summed E-state index contributed by atoms with van der Waals surface area (Å²) in [5, 5.41) is 1.14. The van der Waals surface area contributed by atoms with Crippen molar-refractivity contribution >= 4 is 29.1 Å². The molecule has 1 aliphatic rings. The molecule has 0 N–H and O–H groups in total. The summed E-state index contributed by atoms with van der Waals surface area (Å²) in [6.07, 6.45) is 0. The fourth-order valence-corrected chi connectivity index (χ4v) is 4.52. The quantitative estimate of drug-likeness (QED) is 0.364. The second-order valence-electron chi connectivity index (χ2n) is 10.1. The van der Waals surface area contributed by atoms with Crippen LogP contribution in [0.1, 0.15) is 47.8 Å². The maximum atomic E-state index is 13.1. The van der Waals surface area contributed by atoms with Crippen molar-refractivity contribution in [3.8, 4) is 5.75 Å². The number of hydrogen-bond donors (Lipinski definition) is 0. The number of nitrogens with zero attached hydrogens (tertiary/aromatic N) is 2. The molecule has 1 saturated heterocycles. The standard InChI is InChI=1S/C29H32Cl2N2O2/c1-29(2,3)24-8-10-25(11-9-24)35-20-22-5-4-6-23(17-22)28(34)33-15-13-32(14-16-33)19-21-7-12-26(30)27(31)18-21/h4-12,17-18H,13-16,19-20H2,1-3H3. The van der Waals surface area contributed by atoms with Gasteiger partial charge in [0.05, 0.1) is 10.0 Å². The van der Waals surface area contributed by atoms with Crippen molar-refractivity contribution in [3.05, 3.63) is 99.0 Å². The van der Waals surface area contributed by atoms with Crippen molar-refractivity contribution in [2.75, 3.05) is 26.2 Å². The molecule has 1 fully saturated rings. The molecule has 3 aromatic rings. The van der Waals surface area contributed by atoms with Crippen molar-refractivity contribution in [1.82, 2.24) is 9.80 Å². The number of ether oxygens (including phenoxy) is 1. The lowest BCUT2D eigenvalue weighted by Crippen LogP contribution is -2.48. The van der Waals surface area contributed by atoms with Gasteiger partial charge in [0, 0.05) is 38.3 Å². The number of piperazine rings is 1. The molecular formula is C29H32Cl2N2O2. The predicted octanol–water partition coefficient (Wildman–Crippen LogP) is 6.83. The van der Waals surface area contributed by atoms with Gasteiger partial charge in [0.2, 0.25) is 0 Å². The molecule has 0 unspecified atom stereocenters. The predicted molar refractivity (Wildman–Crippen MR) is 144 cm³/mol. The topological polar surface area (TPSA) is 32.8 Å². The number of benzene rings is 3. The molecule has 0 bridgehead atoms. The Kier molecular flexibility index (Phi) is 8.05. The summed E-state index contributed by atoms with van der Waals surface area (Å²) in [6.45, 7) is 10.8. The molecule has 0 aliphatic carbocycles. The molecule has 0 saturated carbocycles. The van der Waals surface area contributed by atoms with Crippen molar-refractivity contribution in [2.45, 2.75) is 39.3 Å². The van der Waals surface area contributed by atoms with Gasteiger partial charge in [-0.3, -0.25) is 9.69 Å². The van der Waals surface area contributed by atoms with E-state index in [1.807, 2.05) is 59.5 Å². The van der Waals surface area contributed by atoms with Gasteiger partial charge in [-0.2, -0.15) is 0 Å². The van der Waals surface area contributed by atoms with Crippen LogP contribution in [0.4, 0.5) is 0 Å². The molecular weight excluding hydrogens is 479 g/mol. The Morgan fingerprint density at radius 1 is 0.857 bits per heavy atom. The van der Waals surface area contributed by atoms with Gasteiger partial charge in [-0.05, 0) is 58.5 Å². The SMILES string of the molecule is CC(C)(C)c1ccc(OCc2cccc(C(=O)N3CCN(Cc4ccc(Cl)c(Cl)c4)CC3)c2)cc1. The molecule has 0 radical (unpaired) electrons. The van der Waals surface area contributed by atoms with Gasteiger partial charge in [0.15, 0.2) is 0 Å². The van der Waals surface area contributed by atoms with Crippen LogP contribution in [-0.2, 0) is 18.6 Å². The minimum absolute atomic E-state index is 0.0653. The molecule has 0 aromatic heterocycles. The van der Waals surface area contributed by atoms with Gasteiger partial charge >= 0.3 is 0 Å². The third-order valence-electron chi connectivity index (χ3n) is 6.35. The first-order valence-electron chi connectivity index (χ1n) is 12.0. The second-order valence-corrected chi connectivity index (χ2v) is 10.9. The van der Waals surface area contributed by atoms with E-state index in [9.17, 15) is 4.79 Å². The molecule has 1 amide bonds. The summed E-state index contributed by atoms with van der Waals surface area (Å²) in [6, 6.07) is 21.7. The zero-order valence-electron chi connectivity index (χ0n) is 20.6. The zero-order valence-corrected chi connectivity index (χ0v) is 22.1. The normalized spacial score (nSPS) is 14.7. The van der Waals surface area contributed by atoms with Crippen molar-refractivity contribution in [1.29, 1.82) is 0 Å². The first-order valence-corrected chi connectivity index (χ1v) is 12.7. The summed E-state index contributed by atoms with van der Waals surface area (Å²) in [5.74, 6) is 0.892. The van der Waals surface area contributed by atoms with Crippen molar-refractivity contribution in [3.63, 3.8) is 0 Å². The first kappa shape index (κ1) is 25.6. The molecule has 4 nitrogen and oxygen atoms in total. The zero-order chi connectivity index (χ0) is 25.0. The summed E-state index contributed by atoms with van der Waals surface area (Å²) >= 11 is 12.2. The third-order valence-corrected chi connectivity index (χ3v) is 7.09. The average Bonchev–Trinajstić information content (AvgIpc) is 2.85. The van der Waals surface area contributed by atoms with Gasteiger partial charge in [-0.25, -0.2) is 0 Å². The Balaban J connectivity index is 1.30. The molecule has 1 aliphatic heterocycles. The molecule has 6 heteroatoms. The van der Waals surface area contributed by atoms with Gasteiger partial charge in [0.1, 0.15) is 12.4 Å². The highest BCUT2D eigenvalue weighted by Gasteiger charge is 2.22. The van der Waals surface area contributed by atoms with Crippen LogP contribution in [0, 0.1) is 0 Å². The number of carbonyl (C=O) groups excluding carboxylic acids is 1. The number of rotatable bonds is 6. The Morgan fingerprint density at radius 2 is 1.57 bits per heavy atom. The van der Waals surface area contributed by atoms with Crippen LogP contribution < -0.4 is 4.74 Å². The highest BCUT2D eigenvalue weighted by atomic mass is 35.5. The van der Waals surface area contributed by atoms with E-state index >= 15 is 0 Å². The largest absolute Gasteiger partial charge is 0.489 e. The fourth-order valence-electron chi connectivity index (χ4n) is 4.20. The van der Waals surface area contributed by atoms with Crippen LogP contribution in [-0.4, -0.2) is 41.9 Å². The Morgan fingerprint density at radius 3 is 2.23 bits per heavy atom. The number of carbonyl (C=O) groups is 1. The summed E-state index contributed by atoms with van der Waals surface area (Å²) in [4.78, 5) is 17.4. The molecule has 0 spiro atoms. The van der Waals surface area contributed by atoms with Crippen LogP contribution in [0.25, 0.3) is 0 Å². The molecule has 184 valence electrons. The maximum Gasteiger partial charge on any atom is 0.253 e. The minimum Gasteiger partial charge on any atom is -0.489 e. The summed E-state index contributed by atoms with van der Waals surface area (Å²) in [7, 11) is 0. The highest BCUT2D eigenvalue weighted by Crippen LogP contribution is 2.25. The van der Waals surface area contributed by atoms with Crippen molar-refractivity contribution < 1.29 is 9.53 Å². The number of amides is 1. The van der Waals surface area contributed by atoms with E-state index in [1.165, 1.54) is 5.56 Å². The highest BCUT2D eigenvalue weighted by molar-refractivity contribution is 6.42. The summed E-state index contributed by atoms with van der Waals surface area (Å²) < 4.78 is 5.98. The van der Waals surface area contributed by atoms with E-state index in [1.54, 1.807) is 0 Å². The fraction of sp³-hybridized carbons (Fsp3) is 0.345. The van der Waals surface area contributed by atoms with Gasteiger partial charge in [-0.1, -0.05) is 74.3 Å². The van der Waals surface area contributed by atoms with Gasteiger partial charge in [-0.15, -0.1) is 0 Å². The van der Waals surface area contributed by atoms with E-state index in [-0.39, 0.29) is 11.3 Å². The van der Waals surface area contributed by atoms with Crippen LogP contribution >= 0.6 is 23.2 Å².